The van der Waals surface area contributed by atoms with Gasteiger partial charge in [-0.2, -0.15) is 0 Å². The van der Waals surface area contributed by atoms with Crippen LogP contribution in [0.1, 0.15) is 39.5 Å². The maximum atomic E-state index is 5.99. The quantitative estimate of drug-likeness (QED) is 0.706. The van der Waals surface area contributed by atoms with E-state index in [-0.39, 0.29) is 12.4 Å². The lowest BCUT2D eigenvalue weighted by molar-refractivity contribution is 0.0938. The average Bonchev–Trinajstić information content (AvgIpc) is 2.24. The fourth-order valence-electron chi connectivity index (χ4n) is 3.10. The van der Waals surface area contributed by atoms with Gasteiger partial charge in [0.2, 0.25) is 0 Å². The zero-order chi connectivity index (χ0) is 8.72. The van der Waals surface area contributed by atoms with Crippen molar-refractivity contribution in [2.45, 2.75) is 63.7 Å². The molecule has 78 valence electrons. The molecule has 0 aromatic carbocycles. The smallest absolute Gasteiger partial charge is 0.0116 e. The minimum absolute atomic E-state index is 0. The summed E-state index contributed by atoms with van der Waals surface area (Å²) >= 11 is 0. The van der Waals surface area contributed by atoms with Gasteiger partial charge in [0, 0.05) is 24.2 Å². The van der Waals surface area contributed by atoms with Gasteiger partial charge in [0.15, 0.2) is 0 Å². The van der Waals surface area contributed by atoms with Crippen LogP contribution >= 0.6 is 12.4 Å². The van der Waals surface area contributed by atoms with Crippen molar-refractivity contribution in [3.8, 4) is 0 Å². The first-order chi connectivity index (χ1) is 5.68. The van der Waals surface area contributed by atoms with Crippen LogP contribution in [0.5, 0.6) is 0 Å². The van der Waals surface area contributed by atoms with E-state index < -0.39 is 0 Å². The number of hydrogen-bond acceptors (Lipinski definition) is 2. The Balaban J connectivity index is 0.000000845. The molecule has 2 saturated heterocycles. The second-order valence-electron chi connectivity index (χ2n) is 4.66. The van der Waals surface area contributed by atoms with Gasteiger partial charge in [0.05, 0.1) is 0 Å². The SMILES string of the molecule is CC(C)N1C2CC[C@H]1C[C@@H](N)C2.Cl. The second kappa shape index (κ2) is 4.16. The first-order valence-electron chi connectivity index (χ1n) is 5.21. The summed E-state index contributed by atoms with van der Waals surface area (Å²) in [4.78, 5) is 2.68. The van der Waals surface area contributed by atoms with E-state index in [4.69, 9.17) is 5.73 Å². The Morgan fingerprint density at radius 1 is 1.15 bits per heavy atom. The monoisotopic (exact) mass is 204 g/mol. The zero-order valence-electron chi connectivity index (χ0n) is 8.57. The van der Waals surface area contributed by atoms with E-state index in [0.717, 1.165) is 18.1 Å². The molecule has 2 bridgehead atoms. The van der Waals surface area contributed by atoms with Crippen LogP contribution in [0.2, 0.25) is 0 Å². The molecule has 1 unspecified atom stereocenters. The lowest BCUT2D eigenvalue weighted by Crippen LogP contribution is -2.50. The van der Waals surface area contributed by atoms with E-state index in [0.29, 0.717) is 6.04 Å². The van der Waals surface area contributed by atoms with Gasteiger partial charge in [0.25, 0.3) is 0 Å². The summed E-state index contributed by atoms with van der Waals surface area (Å²) in [6.07, 6.45) is 5.23. The first kappa shape index (κ1) is 11.3. The molecule has 0 aromatic rings. The second-order valence-corrected chi connectivity index (χ2v) is 4.66. The Morgan fingerprint density at radius 2 is 1.62 bits per heavy atom. The molecular formula is C10H21ClN2. The lowest BCUT2D eigenvalue weighted by Gasteiger charge is -2.40. The van der Waals surface area contributed by atoms with Crippen molar-refractivity contribution in [2.75, 3.05) is 0 Å². The molecule has 0 spiro atoms. The van der Waals surface area contributed by atoms with Gasteiger partial charge in [-0.3, -0.25) is 4.90 Å². The van der Waals surface area contributed by atoms with Crippen molar-refractivity contribution < 1.29 is 0 Å². The number of nitrogens with two attached hydrogens (primary N) is 1. The molecule has 2 fully saturated rings. The van der Waals surface area contributed by atoms with Crippen molar-refractivity contribution >= 4 is 12.4 Å². The Bertz CT molecular complexity index is 158. The zero-order valence-corrected chi connectivity index (χ0v) is 9.39. The van der Waals surface area contributed by atoms with Crippen molar-refractivity contribution in [3.63, 3.8) is 0 Å². The third kappa shape index (κ3) is 2.00. The van der Waals surface area contributed by atoms with Crippen molar-refractivity contribution in [3.05, 3.63) is 0 Å². The Kier molecular flexibility index (Phi) is 3.61. The van der Waals surface area contributed by atoms with Crippen LogP contribution in [0.4, 0.5) is 0 Å². The Morgan fingerprint density at radius 3 is 2.00 bits per heavy atom. The third-order valence-electron chi connectivity index (χ3n) is 3.42. The number of rotatable bonds is 1. The van der Waals surface area contributed by atoms with E-state index in [1.165, 1.54) is 25.7 Å². The molecule has 2 aliphatic rings. The summed E-state index contributed by atoms with van der Waals surface area (Å²) in [5, 5.41) is 0. The Labute approximate surface area is 87.3 Å². The molecule has 0 aromatic heterocycles. The highest BCUT2D eigenvalue weighted by atomic mass is 35.5. The van der Waals surface area contributed by atoms with Crippen LogP contribution in [0.25, 0.3) is 0 Å². The highest BCUT2D eigenvalue weighted by Gasteiger charge is 2.40. The van der Waals surface area contributed by atoms with Gasteiger partial charge < -0.3 is 5.73 Å². The van der Waals surface area contributed by atoms with Gasteiger partial charge in [-0.25, -0.2) is 0 Å². The summed E-state index contributed by atoms with van der Waals surface area (Å²) in [6, 6.07) is 2.81. The predicted molar refractivity (Wildman–Crippen MR) is 58.2 cm³/mol. The van der Waals surface area contributed by atoms with Crippen LogP contribution in [-0.4, -0.2) is 29.1 Å². The van der Waals surface area contributed by atoms with Crippen LogP contribution in [-0.2, 0) is 0 Å². The third-order valence-corrected chi connectivity index (χ3v) is 3.42. The molecule has 2 aliphatic heterocycles. The molecule has 3 heteroatoms. The summed E-state index contributed by atoms with van der Waals surface area (Å²) in [5.74, 6) is 0. The molecule has 2 heterocycles. The number of fused-ring (bicyclic) bond motifs is 2. The average molecular weight is 205 g/mol. The number of piperidine rings is 1. The number of hydrogen-bond donors (Lipinski definition) is 1. The van der Waals surface area contributed by atoms with Gasteiger partial charge in [-0.15, -0.1) is 12.4 Å². The predicted octanol–water partition coefficient (Wildman–Crippen LogP) is 1.77. The van der Waals surface area contributed by atoms with Crippen LogP contribution in [0, 0.1) is 0 Å². The van der Waals surface area contributed by atoms with E-state index in [2.05, 4.69) is 18.7 Å². The molecule has 0 aliphatic carbocycles. The summed E-state index contributed by atoms with van der Waals surface area (Å²) in [6.45, 7) is 4.62. The van der Waals surface area contributed by atoms with E-state index in [1.807, 2.05) is 0 Å². The van der Waals surface area contributed by atoms with Crippen LogP contribution < -0.4 is 5.73 Å². The van der Waals surface area contributed by atoms with E-state index >= 15 is 0 Å². The summed E-state index contributed by atoms with van der Waals surface area (Å²) < 4.78 is 0. The largest absolute Gasteiger partial charge is 0.328 e. The van der Waals surface area contributed by atoms with Crippen LogP contribution in [0.3, 0.4) is 0 Å². The highest BCUT2D eigenvalue weighted by molar-refractivity contribution is 5.85. The van der Waals surface area contributed by atoms with Gasteiger partial charge >= 0.3 is 0 Å². The maximum absolute atomic E-state index is 5.99. The van der Waals surface area contributed by atoms with Gasteiger partial charge in [-0.1, -0.05) is 0 Å². The topological polar surface area (TPSA) is 29.3 Å². The van der Waals surface area contributed by atoms with Crippen molar-refractivity contribution in [1.29, 1.82) is 0 Å². The van der Waals surface area contributed by atoms with Gasteiger partial charge in [0.1, 0.15) is 0 Å². The number of nitrogens with zero attached hydrogens (tertiary/aromatic N) is 1. The van der Waals surface area contributed by atoms with E-state index in [1.54, 1.807) is 0 Å². The minimum Gasteiger partial charge on any atom is -0.328 e. The fourth-order valence-corrected chi connectivity index (χ4v) is 3.10. The molecule has 2 nitrogen and oxygen atoms in total. The molecule has 2 rings (SSSR count). The number of halogens is 1. The fraction of sp³-hybridized carbons (Fsp3) is 1.00. The minimum atomic E-state index is 0. The molecule has 13 heavy (non-hydrogen) atoms. The first-order valence-corrected chi connectivity index (χ1v) is 5.21. The van der Waals surface area contributed by atoms with Crippen LogP contribution in [0.15, 0.2) is 0 Å². The van der Waals surface area contributed by atoms with Crippen molar-refractivity contribution in [1.82, 2.24) is 4.90 Å². The van der Waals surface area contributed by atoms with E-state index in [9.17, 15) is 0 Å². The maximum Gasteiger partial charge on any atom is 0.0116 e. The molecule has 0 radical (unpaired) electrons. The normalized spacial score (nSPS) is 39.2. The van der Waals surface area contributed by atoms with Crippen molar-refractivity contribution in [2.24, 2.45) is 5.73 Å². The molecule has 3 atom stereocenters. The molecule has 0 amide bonds. The van der Waals surface area contributed by atoms with Gasteiger partial charge in [-0.05, 0) is 39.5 Å². The summed E-state index contributed by atoms with van der Waals surface area (Å²) in [7, 11) is 0. The molecular weight excluding hydrogens is 184 g/mol. The highest BCUT2D eigenvalue weighted by Crippen LogP contribution is 2.36. The lowest BCUT2D eigenvalue weighted by atomic mass is 9.97. The Hall–Kier alpha value is 0.210. The molecule has 0 saturated carbocycles. The standard InChI is InChI=1S/C10H20N2.ClH/c1-7(2)12-9-3-4-10(12)6-8(11)5-9;/h7-10H,3-6,11H2,1-2H3;1H/t8-,9+,10?;/m1./s1. The summed E-state index contributed by atoms with van der Waals surface area (Å²) in [5.41, 5.74) is 5.99. The molecule has 2 N–H and O–H groups in total.